The molecule has 10 heteroatoms. The average Bonchev–Trinajstić information content (AvgIpc) is 3.20. The molecule has 10 nitrogen and oxygen atoms in total. The van der Waals surface area contributed by atoms with Crippen LogP contribution >= 0.6 is 0 Å². The van der Waals surface area contributed by atoms with Gasteiger partial charge in [0.15, 0.2) is 0 Å². The van der Waals surface area contributed by atoms with Gasteiger partial charge in [-0.15, -0.1) is 0 Å². The third kappa shape index (κ3) is 5.70. The summed E-state index contributed by atoms with van der Waals surface area (Å²) >= 11 is 0. The molecule has 1 aromatic heterocycles. The quantitative estimate of drug-likeness (QED) is 0.652. The predicted molar refractivity (Wildman–Crippen MR) is 129 cm³/mol. The summed E-state index contributed by atoms with van der Waals surface area (Å²) in [6.07, 6.45) is 2.80. The summed E-state index contributed by atoms with van der Waals surface area (Å²) < 4.78 is 11.7. The lowest BCUT2D eigenvalue weighted by atomic mass is 10.1. The van der Waals surface area contributed by atoms with Gasteiger partial charge < -0.3 is 29.4 Å². The second-order valence-corrected chi connectivity index (χ2v) is 10.4. The Hall–Kier alpha value is -2.64. The highest BCUT2D eigenvalue weighted by molar-refractivity contribution is 5.69. The number of hydrogen-bond acceptors (Lipinski definition) is 8. The van der Waals surface area contributed by atoms with Crippen LogP contribution in [0.25, 0.3) is 4.85 Å². The number of aromatic nitrogens is 2. The molecule has 34 heavy (non-hydrogen) atoms. The summed E-state index contributed by atoms with van der Waals surface area (Å²) in [4.78, 5) is 32.2. The summed E-state index contributed by atoms with van der Waals surface area (Å²) in [7, 11) is 2.13. The minimum atomic E-state index is -0.574. The average molecular weight is 472 g/mol. The first-order valence-electron chi connectivity index (χ1n) is 12.3. The number of nitrogens with one attached hydrogen (secondary N) is 1. The molecule has 0 aliphatic carbocycles. The van der Waals surface area contributed by atoms with Gasteiger partial charge in [-0.3, -0.25) is 4.90 Å². The van der Waals surface area contributed by atoms with E-state index < -0.39 is 5.60 Å². The van der Waals surface area contributed by atoms with Crippen LogP contribution in [0.4, 0.5) is 10.6 Å². The van der Waals surface area contributed by atoms with Gasteiger partial charge in [-0.25, -0.2) is 11.4 Å². The fourth-order valence-electron chi connectivity index (χ4n) is 4.87. The zero-order valence-electron chi connectivity index (χ0n) is 20.8. The van der Waals surface area contributed by atoms with Crippen LogP contribution in [0.1, 0.15) is 44.9 Å². The largest absolute Gasteiger partial charge is 0.462 e. The van der Waals surface area contributed by atoms with Crippen molar-refractivity contribution in [1.29, 1.82) is 0 Å². The Kier molecular flexibility index (Phi) is 7.43. The highest BCUT2D eigenvalue weighted by Gasteiger charge is 2.37. The smallest absolute Gasteiger partial charge is 0.410 e. The van der Waals surface area contributed by atoms with E-state index in [0.29, 0.717) is 44.8 Å². The van der Waals surface area contributed by atoms with Crippen LogP contribution in [0, 0.1) is 6.57 Å². The molecule has 2 fully saturated rings. The van der Waals surface area contributed by atoms with E-state index in [2.05, 4.69) is 27.0 Å². The van der Waals surface area contributed by atoms with Crippen LogP contribution in [0.5, 0.6) is 6.01 Å². The molecule has 0 spiro atoms. The second kappa shape index (κ2) is 10.3. The molecular formula is C24H37N7O3. The van der Waals surface area contributed by atoms with Crippen molar-refractivity contribution >= 4 is 11.9 Å². The molecular weight excluding hydrogens is 434 g/mol. The first kappa shape index (κ1) is 24.5. The fourth-order valence-corrected chi connectivity index (χ4v) is 4.87. The molecule has 4 rings (SSSR count). The van der Waals surface area contributed by atoms with Gasteiger partial charge in [-0.1, -0.05) is 0 Å². The number of ether oxygens (including phenoxy) is 2. The standard InChI is InChI=1S/C24H37N7O3/c1-24(2,3)34-23(32)31-12-11-30(15-18(31)13-25-4)21-19-8-9-26-14-20(19)27-22(28-21)33-16-17-7-6-10-29(17)5/h17-18,26H,6-16H2,1-3,5H3. The van der Waals surface area contributed by atoms with Gasteiger partial charge in [0.1, 0.15) is 24.1 Å². The molecule has 4 heterocycles. The lowest BCUT2D eigenvalue weighted by molar-refractivity contribution is 0.0155. The lowest BCUT2D eigenvalue weighted by Crippen LogP contribution is -2.57. The summed E-state index contributed by atoms with van der Waals surface area (Å²) in [6.45, 7) is 18.1. The van der Waals surface area contributed by atoms with Crippen molar-refractivity contribution in [2.45, 2.75) is 64.3 Å². The number of likely N-dealkylation sites (N-methyl/N-ethyl adjacent to an activating group) is 1. The summed E-state index contributed by atoms with van der Waals surface area (Å²) in [5, 5.41) is 3.39. The molecule has 0 saturated carbocycles. The highest BCUT2D eigenvalue weighted by atomic mass is 16.6. The van der Waals surface area contributed by atoms with Crippen LogP contribution in [-0.2, 0) is 17.7 Å². The van der Waals surface area contributed by atoms with E-state index in [9.17, 15) is 4.79 Å². The van der Waals surface area contributed by atoms with Gasteiger partial charge >= 0.3 is 12.1 Å². The number of piperazine rings is 1. The Balaban J connectivity index is 1.54. The molecule has 2 saturated heterocycles. The van der Waals surface area contributed by atoms with Gasteiger partial charge in [0.25, 0.3) is 0 Å². The summed E-state index contributed by atoms with van der Waals surface area (Å²) in [5.74, 6) is 0.875. The maximum atomic E-state index is 12.8. The van der Waals surface area contributed by atoms with E-state index in [0.717, 1.165) is 43.0 Å². The van der Waals surface area contributed by atoms with Gasteiger partial charge in [-0.2, -0.15) is 9.97 Å². The third-order valence-electron chi connectivity index (χ3n) is 6.68. The number of amides is 1. The number of anilines is 1. The first-order chi connectivity index (χ1) is 16.2. The first-order valence-corrected chi connectivity index (χ1v) is 12.3. The Bertz CT molecular complexity index is 926. The van der Waals surface area contributed by atoms with E-state index in [1.807, 2.05) is 20.8 Å². The molecule has 186 valence electrons. The molecule has 1 aromatic rings. The Morgan fingerprint density at radius 3 is 2.76 bits per heavy atom. The zero-order valence-corrected chi connectivity index (χ0v) is 20.8. The predicted octanol–water partition coefficient (Wildman–Crippen LogP) is 1.94. The van der Waals surface area contributed by atoms with E-state index in [4.69, 9.17) is 26.0 Å². The van der Waals surface area contributed by atoms with Crippen LogP contribution in [0.15, 0.2) is 0 Å². The summed E-state index contributed by atoms with van der Waals surface area (Å²) in [5.41, 5.74) is 1.54. The van der Waals surface area contributed by atoms with Gasteiger partial charge in [0.05, 0.1) is 5.69 Å². The van der Waals surface area contributed by atoms with Gasteiger partial charge in [-0.05, 0) is 60.2 Å². The monoisotopic (exact) mass is 471 g/mol. The molecule has 1 amide bonds. The lowest BCUT2D eigenvalue weighted by Gasteiger charge is -2.41. The van der Waals surface area contributed by atoms with Crippen molar-refractivity contribution < 1.29 is 14.3 Å². The van der Waals surface area contributed by atoms with Crippen LogP contribution < -0.4 is 15.0 Å². The zero-order chi connectivity index (χ0) is 24.3. The number of carbonyl (C=O) groups is 1. The molecule has 3 aliphatic heterocycles. The van der Waals surface area contributed by atoms with E-state index >= 15 is 0 Å². The summed E-state index contributed by atoms with van der Waals surface area (Å²) in [6, 6.07) is 0.542. The maximum absolute atomic E-state index is 12.8. The van der Waals surface area contributed by atoms with Crippen LogP contribution in [0.3, 0.4) is 0 Å². The van der Waals surface area contributed by atoms with Crippen molar-refractivity contribution in [1.82, 2.24) is 25.1 Å². The Morgan fingerprint density at radius 2 is 2.06 bits per heavy atom. The molecule has 0 aromatic carbocycles. The van der Waals surface area contributed by atoms with Crippen molar-refractivity contribution in [2.24, 2.45) is 0 Å². The van der Waals surface area contributed by atoms with Gasteiger partial charge in [0.2, 0.25) is 6.54 Å². The highest BCUT2D eigenvalue weighted by Crippen LogP contribution is 2.29. The normalized spacial score (nSPS) is 23.4. The van der Waals surface area contributed by atoms with E-state index in [-0.39, 0.29) is 18.7 Å². The molecule has 1 N–H and O–H groups in total. The molecule has 3 aliphatic rings. The number of hydrogen-bond donors (Lipinski definition) is 1. The van der Waals surface area contributed by atoms with Crippen molar-refractivity contribution in [3.63, 3.8) is 0 Å². The van der Waals surface area contributed by atoms with Crippen LogP contribution in [0.2, 0.25) is 0 Å². The van der Waals surface area contributed by atoms with Crippen LogP contribution in [-0.4, -0.2) is 96.5 Å². The number of carbonyl (C=O) groups excluding carboxylic acids is 1. The molecule has 0 bridgehead atoms. The third-order valence-corrected chi connectivity index (χ3v) is 6.68. The van der Waals surface area contributed by atoms with Crippen molar-refractivity contribution in [3.8, 4) is 6.01 Å². The molecule has 0 radical (unpaired) electrons. The topological polar surface area (TPSA) is 87.4 Å². The maximum Gasteiger partial charge on any atom is 0.410 e. The Morgan fingerprint density at radius 1 is 1.24 bits per heavy atom. The molecule has 2 unspecified atom stereocenters. The number of fused-ring (bicyclic) bond motifs is 1. The fraction of sp³-hybridized carbons (Fsp3) is 0.750. The van der Waals surface area contributed by atoms with Crippen molar-refractivity contribution in [3.05, 3.63) is 22.7 Å². The number of rotatable bonds is 5. The minimum absolute atomic E-state index is 0.224. The SMILES string of the molecule is [C-]#[N+]CC1CN(c2nc(OCC3CCCN3C)nc3c2CCNC3)CCN1C(=O)OC(C)(C)C. The minimum Gasteiger partial charge on any atom is -0.462 e. The van der Waals surface area contributed by atoms with E-state index in [1.54, 1.807) is 4.90 Å². The van der Waals surface area contributed by atoms with E-state index in [1.165, 1.54) is 6.42 Å². The Labute approximate surface area is 202 Å². The number of nitrogens with zero attached hydrogens (tertiary/aromatic N) is 6. The number of likely N-dealkylation sites (tertiary alicyclic amines) is 1. The van der Waals surface area contributed by atoms with Crippen molar-refractivity contribution in [2.75, 3.05) is 57.8 Å². The molecule has 2 atom stereocenters. The van der Waals surface area contributed by atoms with Gasteiger partial charge in [0, 0.05) is 37.8 Å². The second-order valence-electron chi connectivity index (χ2n) is 10.4.